The first-order valence-corrected chi connectivity index (χ1v) is 16.0. The van der Waals surface area contributed by atoms with Gasteiger partial charge in [0.2, 0.25) is 5.91 Å². The van der Waals surface area contributed by atoms with Crippen LogP contribution in [0.3, 0.4) is 0 Å². The molecule has 0 unspecified atom stereocenters. The number of aromatic nitrogens is 2. The summed E-state index contributed by atoms with van der Waals surface area (Å²) in [5.74, 6) is -0.0593. The summed E-state index contributed by atoms with van der Waals surface area (Å²) in [4.78, 5) is 35.3. The van der Waals surface area contributed by atoms with Crippen LogP contribution in [0.5, 0.6) is 0 Å². The number of para-hydroxylation sites is 1. The van der Waals surface area contributed by atoms with Gasteiger partial charge >= 0.3 is 0 Å². The number of hydrogen-bond donors (Lipinski definition) is 2. The Bertz CT molecular complexity index is 1830. The first-order valence-electron chi connectivity index (χ1n) is 12.8. The van der Waals surface area contributed by atoms with Gasteiger partial charge in [0.1, 0.15) is 5.84 Å². The predicted molar refractivity (Wildman–Crippen MR) is 164 cm³/mol. The summed E-state index contributed by atoms with van der Waals surface area (Å²) in [6.45, 7) is 0.594. The van der Waals surface area contributed by atoms with Crippen molar-refractivity contribution in [2.24, 2.45) is 4.99 Å². The zero-order chi connectivity index (χ0) is 29.0. The Morgan fingerprint density at radius 2 is 1.80 bits per heavy atom. The smallest absolute Gasteiger partial charge is 0.266 e. The lowest BCUT2D eigenvalue weighted by atomic mass is 10.2. The highest BCUT2D eigenvalue weighted by molar-refractivity contribution is 7.99. The number of nitrogens with one attached hydrogen (secondary N) is 2. The van der Waals surface area contributed by atoms with Gasteiger partial charge in [-0.05, 0) is 61.4 Å². The molecule has 2 heterocycles. The molecule has 0 aliphatic carbocycles. The van der Waals surface area contributed by atoms with Crippen LogP contribution < -0.4 is 15.6 Å². The third-order valence-electron chi connectivity index (χ3n) is 6.29. The van der Waals surface area contributed by atoms with Crippen LogP contribution >= 0.6 is 35.0 Å². The number of nitrogens with zero attached hydrogens (tertiary/aromatic N) is 3. The summed E-state index contributed by atoms with van der Waals surface area (Å²) in [5.41, 5.74) is 0.935. The van der Waals surface area contributed by atoms with Crippen LogP contribution in [0.1, 0.15) is 25.7 Å². The van der Waals surface area contributed by atoms with Gasteiger partial charge in [-0.1, -0.05) is 59.6 Å². The van der Waals surface area contributed by atoms with Crippen molar-refractivity contribution in [3.63, 3.8) is 0 Å². The molecule has 1 amide bonds. The largest absolute Gasteiger partial charge is 0.325 e. The van der Waals surface area contributed by atoms with Crippen LogP contribution in [0.15, 0.2) is 86.6 Å². The van der Waals surface area contributed by atoms with Crippen molar-refractivity contribution in [3.05, 3.63) is 87.1 Å². The summed E-state index contributed by atoms with van der Waals surface area (Å²) in [5, 5.41) is 4.04. The van der Waals surface area contributed by atoms with Crippen LogP contribution in [0.4, 0.5) is 5.69 Å². The highest BCUT2D eigenvalue weighted by atomic mass is 35.5. The second kappa shape index (κ2) is 12.6. The Morgan fingerprint density at radius 3 is 2.63 bits per heavy atom. The third-order valence-corrected chi connectivity index (χ3v) is 9.35. The lowest BCUT2D eigenvalue weighted by Gasteiger charge is -2.14. The van der Waals surface area contributed by atoms with Gasteiger partial charge in [-0.2, -0.15) is 0 Å². The van der Waals surface area contributed by atoms with Gasteiger partial charge in [-0.3, -0.25) is 23.9 Å². The van der Waals surface area contributed by atoms with Crippen LogP contribution in [0.25, 0.3) is 16.6 Å². The lowest BCUT2D eigenvalue weighted by molar-refractivity contribution is -0.113. The van der Waals surface area contributed by atoms with Crippen LogP contribution in [0, 0.1) is 0 Å². The Balaban J connectivity index is 1.35. The number of anilines is 1. The number of benzene rings is 3. The number of carbonyl (C=O) groups excluding carboxylic acids is 1. The number of sulfonamides is 1. The van der Waals surface area contributed by atoms with Gasteiger partial charge < -0.3 is 5.32 Å². The van der Waals surface area contributed by atoms with Crippen molar-refractivity contribution in [1.29, 1.82) is 0 Å². The van der Waals surface area contributed by atoms with E-state index in [0.29, 0.717) is 46.1 Å². The molecule has 0 spiro atoms. The molecule has 1 aromatic heterocycles. The second-order valence-corrected chi connectivity index (χ2v) is 12.7. The predicted octanol–water partition coefficient (Wildman–Crippen LogP) is 5.67. The number of rotatable bonds is 7. The molecular weight excluding hydrogens is 605 g/mol. The molecule has 0 radical (unpaired) electrons. The van der Waals surface area contributed by atoms with Crippen LogP contribution in [-0.4, -0.2) is 42.0 Å². The Kier molecular flexibility index (Phi) is 8.98. The number of amides is 1. The quantitative estimate of drug-likeness (QED) is 0.200. The maximum atomic E-state index is 13.4. The van der Waals surface area contributed by atoms with Gasteiger partial charge in [0, 0.05) is 18.7 Å². The highest BCUT2D eigenvalue weighted by Crippen LogP contribution is 2.27. The molecule has 3 aromatic carbocycles. The third kappa shape index (κ3) is 6.92. The molecule has 5 rings (SSSR count). The number of carbonyl (C=O) groups is 1. The van der Waals surface area contributed by atoms with Crippen molar-refractivity contribution >= 4 is 73.3 Å². The minimum atomic E-state index is -3.86. The molecule has 4 aromatic rings. The Morgan fingerprint density at radius 1 is 0.976 bits per heavy atom. The van der Waals surface area contributed by atoms with E-state index in [0.717, 1.165) is 31.0 Å². The van der Waals surface area contributed by atoms with Gasteiger partial charge in [0.05, 0.1) is 37.3 Å². The van der Waals surface area contributed by atoms with Crippen molar-refractivity contribution in [2.45, 2.75) is 35.7 Å². The monoisotopic (exact) mass is 629 g/mol. The average Bonchev–Trinajstić information content (AvgIpc) is 3.22. The van der Waals surface area contributed by atoms with Crippen molar-refractivity contribution in [1.82, 2.24) is 14.3 Å². The van der Waals surface area contributed by atoms with Gasteiger partial charge in [-0.25, -0.2) is 13.4 Å². The maximum absolute atomic E-state index is 13.4. The molecule has 13 heteroatoms. The van der Waals surface area contributed by atoms with E-state index < -0.39 is 15.9 Å². The zero-order valence-electron chi connectivity index (χ0n) is 21.6. The number of thioether (sulfide) groups is 1. The number of halogens is 2. The summed E-state index contributed by atoms with van der Waals surface area (Å²) >= 11 is 13.4. The van der Waals surface area contributed by atoms with E-state index in [4.69, 9.17) is 23.2 Å². The van der Waals surface area contributed by atoms with Crippen LogP contribution in [0.2, 0.25) is 10.0 Å². The second-order valence-electron chi connectivity index (χ2n) is 9.26. The van der Waals surface area contributed by atoms with Crippen molar-refractivity contribution in [3.8, 4) is 5.69 Å². The lowest BCUT2D eigenvalue weighted by Crippen LogP contribution is -2.30. The fourth-order valence-corrected chi connectivity index (χ4v) is 6.54. The average molecular weight is 631 g/mol. The minimum absolute atomic E-state index is 0.0135. The molecule has 0 saturated heterocycles. The van der Waals surface area contributed by atoms with E-state index in [-0.39, 0.29) is 26.4 Å². The van der Waals surface area contributed by atoms with E-state index in [9.17, 15) is 18.0 Å². The highest BCUT2D eigenvalue weighted by Gasteiger charge is 2.19. The van der Waals surface area contributed by atoms with Gasteiger partial charge in [0.25, 0.3) is 15.6 Å². The SMILES string of the molecule is O=C(CSc1nc2ccccc2c(=O)n1-c1ccc(Cl)c(Cl)c1)Nc1cccc(S(=O)(=O)NC2=NCCCCC2)c1. The Hall–Kier alpha value is -3.38. The first kappa shape index (κ1) is 29.1. The van der Waals surface area contributed by atoms with E-state index >= 15 is 0 Å². The normalized spacial score (nSPS) is 13.9. The molecule has 9 nitrogen and oxygen atoms in total. The summed E-state index contributed by atoms with van der Waals surface area (Å²) in [7, 11) is -3.86. The summed E-state index contributed by atoms with van der Waals surface area (Å²) in [6, 6.07) is 17.7. The summed E-state index contributed by atoms with van der Waals surface area (Å²) in [6.07, 6.45) is 3.39. The van der Waals surface area contributed by atoms with Crippen molar-refractivity contribution in [2.75, 3.05) is 17.6 Å². The maximum Gasteiger partial charge on any atom is 0.266 e. The molecule has 41 heavy (non-hydrogen) atoms. The standard InChI is InChI=1S/C28H25Cl2N5O4S2/c29-22-13-12-19(16-23(22)30)35-27(37)21-9-3-4-10-24(21)33-28(35)40-17-26(36)32-18-7-6-8-20(15-18)41(38,39)34-25-11-2-1-5-14-31-25/h3-4,6-10,12-13,15-16H,1-2,5,11,14,17H2,(H,31,34)(H,32,36). The molecule has 0 atom stereocenters. The molecular formula is C28H25Cl2N5O4S2. The van der Waals surface area contributed by atoms with Gasteiger partial charge in [0.15, 0.2) is 5.16 Å². The van der Waals surface area contributed by atoms with Crippen LogP contribution in [-0.2, 0) is 14.8 Å². The zero-order valence-corrected chi connectivity index (χ0v) is 24.8. The minimum Gasteiger partial charge on any atom is -0.325 e. The fourth-order valence-electron chi connectivity index (χ4n) is 4.30. The van der Waals surface area contributed by atoms with Gasteiger partial charge in [-0.15, -0.1) is 0 Å². The van der Waals surface area contributed by atoms with E-state index in [1.54, 1.807) is 54.6 Å². The number of aliphatic imine (C=N–C) groups is 1. The topological polar surface area (TPSA) is 123 Å². The molecule has 0 saturated carbocycles. The molecule has 0 bridgehead atoms. The van der Waals surface area contributed by atoms with Crippen molar-refractivity contribution < 1.29 is 13.2 Å². The molecule has 2 N–H and O–H groups in total. The van der Waals surface area contributed by atoms with E-state index in [1.807, 2.05) is 0 Å². The fraction of sp³-hybridized carbons (Fsp3) is 0.214. The number of hydrogen-bond acceptors (Lipinski definition) is 7. The molecule has 1 aliphatic heterocycles. The number of fused-ring (bicyclic) bond motifs is 1. The van der Waals surface area contributed by atoms with E-state index in [2.05, 4.69) is 20.0 Å². The molecule has 212 valence electrons. The van der Waals surface area contributed by atoms with E-state index in [1.165, 1.54) is 16.7 Å². The first-order chi connectivity index (χ1) is 19.7. The Labute approximate surface area is 251 Å². The number of amidine groups is 1. The molecule has 0 fully saturated rings. The molecule has 1 aliphatic rings. The summed E-state index contributed by atoms with van der Waals surface area (Å²) < 4.78 is 29.9.